The topological polar surface area (TPSA) is 84.0 Å². The first-order chi connectivity index (χ1) is 14.1. The van der Waals surface area contributed by atoms with Gasteiger partial charge in [0.2, 0.25) is 0 Å². The molecule has 2 heterocycles. The largest absolute Gasteiger partial charge is 0.295 e. The van der Waals surface area contributed by atoms with Crippen molar-refractivity contribution in [1.29, 1.82) is 5.41 Å². The van der Waals surface area contributed by atoms with Gasteiger partial charge in [-0.2, -0.15) is 4.99 Å². The lowest BCUT2D eigenvalue weighted by molar-refractivity contribution is 0.101. The van der Waals surface area contributed by atoms with Crippen molar-refractivity contribution in [2.75, 3.05) is 0 Å². The van der Waals surface area contributed by atoms with Crippen molar-refractivity contribution in [3.05, 3.63) is 94.6 Å². The van der Waals surface area contributed by atoms with Crippen LogP contribution in [0, 0.1) is 5.41 Å². The molecule has 6 nitrogen and oxygen atoms in total. The van der Waals surface area contributed by atoms with E-state index in [1.807, 2.05) is 52.4 Å². The van der Waals surface area contributed by atoms with E-state index in [9.17, 15) is 4.79 Å². The highest BCUT2D eigenvalue weighted by Crippen LogP contribution is 2.23. The minimum absolute atomic E-state index is 0.0180. The van der Waals surface area contributed by atoms with Gasteiger partial charge in [0.1, 0.15) is 5.69 Å². The number of nitrogens with one attached hydrogen (secondary N) is 1. The normalized spacial score (nSPS) is 11.4. The average molecular weight is 399 g/mol. The molecule has 0 aliphatic rings. The smallest absolute Gasteiger partial charge is 0.196 e. The molecule has 0 spiro atoms. The van der Waals surface area contributed by atoms with Gasteiger partial charge in [-0.3, -0.25) is 19.8 Å². The third kappa shape index (κ3) is 3.95. The van der Waals surface area contributed by atoms with Crippen molar-refractivity contribution in [2.24, 2.45) is 4.99 Å². The van der Waals surface area contributed by atoms with Crippen molar-refractivity contribution in [1.82, 2.24) is 14.5 Å². The van der Waals surface area contributed by atoms with E-state index in [4.69, 9.17) is 5.41 Å². The van der Waals surface area contributed by atoms with E-state index in [2.05, 4.69) is 15.0 Å². The molecular formula is C22H17N5OS. The van der Waals surface area contributed by atoms with E-state index in [1.165, 1.54) is 23.7 Å². The zero-order chi connectivity index (χ0) is 20.2. The summed E-state index contributed by atoms with van der Waals surface area (Å²) in [6.07, 6.45) is 4.62. The number of ketones is 1. The fraction of sp³-hybridized carbons (Fsp3) is 0.0455. The molecule has 0 aliphatic heterocycles. The first kappa shape index (κ1) is 18.6. The average Bonchev–Trinajstić information content (AvgIpc) is 3.18. The van der Waals surface area contributed by atoms with Crippen LogP contribution in [0.2, 0.25) is 0 Å². The molecule has 0 bridgehead atoms. The molecule has 0 saturated carbocycles. The van der Waals surface area contributed by atoms with Crippen LogP contribution in [-0.4, -0.2) is 26.2 Å². The van der Waals surface area contributed by atoms with Crippen molar-refractivity contribution in [2.45, 2.75) is 6.92 Å². The van der Waals surface area contributed by atoms with E-state index in [0.717, 1.165) is 16.9 Å². The third-order valence-corrected chi connectivity index (χ3v) is 5.15. The van der Waals surface area contributed by atoms with Gasteiger partial charge in [-0.15, -0.1) is 11.3 Å². The van der Waals surface area contributed by atoms with Crippen molar-refractivity contribution in [3.8, 4) is 16.9 Å². The standard InChI is InChI=1S/C22H17N5OS/c1-15(28)16-7-9-18(10-8-16)27-20(17-5-3-2-4-6-17)14-29-22(27)26-21(23)19-13-24-11-12-25-19/h2-14,23H,1H3. The second-order valence-electron chi connectivity index (χ2n) is 6.26. The van der Waals surface area contributed by atoms with Gasteiger partial charge in [-0.1, -0.05) is 30.3 Å². The van der Waals surface area contributed by atoms with Crippen molar-refractivity contribution >= 4 is 23.0 Å². The fourth-order valence-corrected chi connectivity index (χ4v) is 3.78. The number of amidine groups is 1. The van der Waals surface area contributed by atoms with Crippen LogP contribution in [0.1, 0.15) is 23.0 Å². The molecular weight excluding hydrogens is 382 g/mol. The summed E-state index contributed by atoms with van der Waals surface area (Å²) in [5, 5.41) is 10.3. The van der Waals surface area contributed by atoms with Crippen molar-refractivity contribution in [3.63, 3.8) is 0 Å². The predicted octanol–water partition coefficient (Wildman–Crippen LogP) is 4.12. The third-order valence-electron chi connectivity index (χ3n) is 4.32. The van der Waals surface area contributed by atoms with Gasteiger partial charge in [-0.05, 0) is 36.8 Å². The van der Waals surface area contributed by atoms with Crippen LogP contribution < -0.4 is 4.80 Å². The molecule has 0 unspecified atom stereocenters. The molecule has 4 rings (SSSR count). The van der Waals surface area contributed by atoms with Crippen LogP contribution in [0.15, 0.2) is 83.6 Å². The number of aromatic nitrogens is 3. The summed E-state index contributed by atoms with van der Waals surface area (Å²) in [5.41, 5.74) is 3.90. The highest BCUT2D eigenvalue weighted by Gasteiger charge is 2.12. The Hall–Kier alpha value is -3.71. The van der Waals surface area contributed by atoms with Gasteiger partial charge < -0.3 is 0 Å². The number of Topliss-reactive ketones (excluding diaryl/α,β-unsaturated/α-hetero) is 1. The van der Waals surface area contributed by atoms with E-state index in [0.29, 0.717) is 16.1 Å². The number of hydrogen-bond acceptors (Lipinski definition) is 5. The SMILES string of the molecule is CC(=O)c1ccc(-n2c(-c3ccccc3)csc2=NC(=N)c2cnccn2)cc1. The molecule has 142 valence electrons. The number of carbonyl (C=O) groups excluding carboxylic acids is 1. The van der Waals surface area contributed by atoms with Gasteiger partial charge in [0.25, 0.3) is 0 Å². The Labute approximate surface area is 171 Å². The zero-order valence-electron chi connectivity index (χ0n) is 15.6. The second kappa shape index (κ2) is 8.12. The highest BCUT2D eigenvalue weighted by atomic mass is 32.1. The van der Waals surface area contributed by atoms with Gasteiger partial charge in [0.15, 0.2) is 16.4 Å². The first-order valence-electron chi connectivity index (χ1n) is 8.90. The maximum atomic E-state index is 11.6. The number of benzene rings is 2. The van der Waals surface area contributed by atoms with Crippen LogP contribution in [0.4, 0.5) is 0 Å². The van der Waals surface area contributed by atoms with Crippen LogP contribution in [0.3, 0.4) is 0 Å². The molecule has 0 aliphatic carbocycles. The summed E-state index contributed by atoms with van der Waals surface area (Å²) in [7, 11) is 0. The Bertz CT molecular complexity index is 1230. The van der Waals surface area contributed by atoms with Crippen LogP contribution in [-0.2, 0) is 0 Å². The van der Waals surface area contributed by atoms with Crippen LogP contribution >= 0.6 is 11.3 Å². The molecule has 0 saturated heterocycles. The first-order valence-corrected chi connectivity index (χ1v) is 9.78. The van der Waals surface area contributed by atoms with Gasteiger partial charge in [-0.25, -0.2) is 4.98 Å². The molecule has 29 heavy (non-hydrogen) atoms. The van der Waals surface area contributed by atoms with E-state index >= 15 is 0 Å². The maximum absolute atomic E-state index is 11.6. The quantitative estimate of drug-likeness (QED) is 0.318. The van der Waals surface area contributed by atoms with E-state index in [1.54, 1.807) is 25.3 Å². The van der Waals surface area contributed by atoms with Gasteiger partial charge in [0.05, 0.1) is 11.9 Å². The Morgan fingerprint density at radius 3 is 2.48 bits per heavy atom. The lowest BCUT2D eigenvalue weighted by atomic mass is 10.1. The Morgan fingerprint density at radius 2 is 1.83 bits per heavy atom. The minimum atomic E-state index is 0.0180. The number of thiazole rings is 1. The second-order valence-corrected chi connectivity index (χ2v) is 7.10. The molecule has 0 radical (unpaired) electrons. The maximum Gasteiger partial charge on any atom is 0.196 e. The summed E-state index contributed by atoms with van der Waals surface area (Å²) >= 11 is 1.44. The molecule has 0 atom stereocenters. The van der Waals surface area contributed by atoms with Crippen LogP contribution in [0.5, 0.6) is 0 Å². The number of carbonyl (C=O) groups is 1. The Balaban J connectivity index is 1.88. The fourth-order valence-electron chi connectivity index (χ4n) is 2.87. The molecule has 0 amide bonds. The highest BCUT2D eigenvalue weighted by molar-refractivity contribution is 7.07. The van der Waals surface area contributed by atoms with Crippen molar-refractivity contribution < 1.29 is 4.79 Å². The summed E-state index contributed by atoms with van der Waals surface area (Å²) < 4.78 is 1.98. The minimum Gasteiger partial charge on any atom is -0.295 e. The summed E-state index contributed by atoms with van der Waals surface area (Å²) in [6.45, 7) is 1.55. The molecule has 1 N–H and O–H groups in total. The summed E-state index contributed by atoms with van der Waals surface area (Å²) in [6, 6.07) is 17.4. The molecule has 0 fully saturated rings. The summed E-state index contributed by atoms with van der Waals surface area (Å²) in [5.74, 6) is 0.0539. The summed E-state index contributed by atoms with van der Waals surface area (Å²) in [4.78, 5) is 24.9. The predicted molar refractivity (Wildman–Crippen MR) is 114 cm³/mol. The van der Waals surface area contributed by atoms with Crippen LogP contribution in [0.25, 0.3) is 16.9 Å². The Morgan fingerprint density at radius 1 is 1.07 bits per heavy atom. The number of hydrogen-bond donors (Lipinski definition) is 1. The van der Waals surface area contributed by atoms with Gasteiger partial charge >= 0.3 is 0 Å². The van der Waals surface area contributed by atoms with E-state index in [-0.39, 0.29) is 11.6 Å². The molecule has 7 heteroatoms. The Kier molecular flexibility index (Phi) is 5.22. The zero-order valence-corrected chi connectivity index (χ0v) is 16.4. The molecule has 2 aromatic carbocycles. The molecule has 2 aromatic heterocycles. The monoisotopic (exact) mass is 399 g/mol. The molecule has 4 aromatic rings. The lowest BCUT2D eigenvalue weighted by Crippen LogP contribution is -2.17. The van der Waals surface area contributed by atoms with Gasteiger partial charge in [0, 0.05) is 29.0 Å². The van der Waals surface area contributed by atoms with E-state index < -0.39 is 0 Å². The number of nitrogens with zero attached hydrogens (tertiary/aromatic N) is 4. The number of rotatable bonds is 4. The lowest BCUT2D eigenvalue weighted by Gasteiger charge is -2.10.